The molecule has 0 N–H and O–H groups in total. The molecule has 0 heterocycles. The van der Waals surface area contributed by atoms with E-state index in [1.54, 1.807) is 0 Å². The fraction of sp³-hybridized carbons (Fsp3) is 0.591. The van der Waals surface area contributed by atoms with Gasteiger partial charge in [-0.1, -0.05) is 211 Å². The minimum absolute atomic E-state index is 0.131. The molecule has 422 valence electrons. The zero-order valence-electron chi connectivity index (χ0n) is 47.9. The van der Waals surface area contributed by atoms with Gasteiger partial charge in [0.1, 0.15) is 13.2 Å². The average Bonchev–Trinajstić information content (AvgIpc) is 3.38. The zero-order chi connectivity index (χ0) is 54.8. The van der Waals surface area contributed by atoms with Crippen molar-refractivity contribution >= 4 is 17.9 Å². The third-order valence-electron chi connectivity index (χ3n) is 11.6. The second-order valence-corrected chi connectivity index (χ2v) is 19.8. The molecule has 9 nitrogen and oxygen atoms in total. The summed E-state index contributed by atoms with van der Waals surface area (Å²) in [6, 6.07) is 0. The molecular weight excluding hydrogens is 935 g/mol. The molecule has 0 aliphatic heterocycles. The summed E-state index contributed by atoms with van der Waals surface area (Å²) in [4.78, 5) is 37.3. The first-order chi connectivity index (χ1) is 36.6. The minimum atomic E-state index is -1.64. The molecule has 75 heavy (non-hydrogen) atoms. The summed E-state index contributed by atoms with van der Waals surface area (Å²) >= 11 is 0. The summed E-state index contributed by atoms with van der Waals surface area (Å²) in [5.41, 5.74) is 0. The van der Waals surface area contributed by atoms with Crippen LogP contribution in [0.4, 0.5) is 0 Å². The zero-order valence-corrected chi connectivity index (χ0v) is 47.9. The Kier molecular flexibility index (Phi) is 51.8. The number of rotatable bonds is 51. The number of likely N-dealkylation sites (N-methyl/N-ethyl adjacent to an activating group) is 1. The number of allylic oxidation sites excluding steroid dienone is 24. The van der Waals surface area contributed by atoms with Crippen molar-refractivity contribution in [2.45, 2.75) is 206 Å². The van der Waals surface area contributed by atoms with Crippen molar-refractivity contribution < 1.29 is 42.9 Å². The summed E-state index contributed by atoms with van der Waals surface area (Å²) in [5, 5.41) is 11.8. The molecule has 0 aromatic rings. The Morgan fingerprint density at radius 3 is 1.08 bits per heavy atom. The lowest BCUT2D eigenvalue weighted by Gasteiger charge is -2.26. The largest absolute Gasteiger partial charge is 0.545 e. The quantitative estimate of drug-likeness (QED) is 0.0195. The Morgan fingerprint density at radius 2 is 0.720 bits per heavy atom. The standard InChI is InChI=1S/C66H105NO8/c1-6-8-10-12-14-16-18-20-22-24-26-28-30-32-34-36-38-40-42-44-46-48-50-52-54-56-63(68)73-60-62(61-74-66(65(70)71)72-59-58-67(3,4)5)75-64(69)57-55-53-51-49-47-45-43-41-39-37-35-33-31-29-27-25-23-21-19-17-15-13-11-9-7-2/h8-11,14-17,20-23,26-29,32-35,39,41,45,47,62,66H,6-7,12-13,18-19,24-25,30-31,36-38,40,42-44,46,48-61H2,1-5H3/b10-8-,11-9-,16-14-,17-15-,22-20-,23-21-,28-26-,29-27-,34-32-,35-33-,41-39-,47-45-. The summed E-state index contributed by atoms with van der Waals surface area (Å²) in [5.74, 6) is -2.36. The first-order valence-electron chi connectivity index (χ1n) is 29.0. The lowest BCUT2D eigenvalue weighted by molar-refractivity contribution is -0.870. The molecule has 0 fully saturated rings. The Morgan fingerprint density at radius 1 is 0.400 bits per heavy atom. The number of aliphatic carboxylic acids is 1. The lowest BCUT2D eigenvalue weighted by Crippen LogP contribution is -2.44. The van der Waals surface area contributed by atoms with Crippen LogP contribution in [0.2, 0.25) is 0 Å². The fourth-order valence-electron chi connectivity index (χ4n) is 7.19. The summed E-state index contributed by atoms with van der Waals surface area (Å²) in [6.45, 7) is 4.45. The molecular formula is C66H105NO8. The van der Waals surface area contributed by atoms with Crippen molar-refractivity contribution in [1.82, 2.24) is 0 Å². The molecule has 2 unspecified atom stereocenters. The van der Waals surface area contributed by atoms with Gasteiger partial charge in [-0.3, -0.25) is 9.59 Å². The molecule has 0 aromatic carbocycles. The smallest absolute Gasteiger partial charge is 0.306 e. The number of nitrogens with zero attached hydrogens (tertiary/aromatic N) is 1. The molecule has 0 saturated carbocycles. The van der Waals surface area contributed by atoms with Crippen LogP contribution in [0.25, 0.3) is 0 Å². The van der Waals surface area contributed by atoms with Crippen molar-refractivity contribution in [2.24, 2.45) is 0 Å². The van der Waals surface area contributed by atoms with Crippen LogP contribution in [0.1, 0.15) is 194 Å². The molecule has 2 atom stereocenters. The number of quaternary nitrogens is 1. The van der Waals surface area contributed by atoms with Crippen LogP contribution in [-0.4, -0.2) is 82.3 Å². The van der Waals surface area contributed by atoms with Crippen LogP contribution >= 0.6 is 0 Å². The van der Waals surface area contributed by atoms with Crippen LogP contribution in [0.5, 0.6) is 0 Å². The maximum atomic E-state index is 12.9. The van der Waals surface area contributed by atoms with Gasteiger partial charge in [0.25, 0.3) is 0 Å². The van der Waals surface area contributed by atoms with Crippen LogP contribution in [0.15, 0.2) is 146 Å². The predicted octanol–water partition coefficient (Wildman–Crippen LogP) is 15.9. The minimum Gasteiger partial charge on any atom is -0.545 e. The van der Waals surface area contributed by atoms with Gasteiger partial charge in [-0.2, -0.15) is 0 Å². The van der Waals surface area contributed by atoms with E-state index in [1.807, 2.05) is 21.1 Å². The Hall–Kier alpha value is -4.83. The van der Waals surface area contributed by atoms with Gasteiger partial charge in [0.05, 0.1) is 40.3 Å². The van der Waals surface area contributed by atoms with E-state index in [2.05, 4.69) is 160 Å². The topological polar surface area (TPSA) is 111 Å². The third-order valence-corrected chi connectivity index (χ3v) is 11.6. The van der Waals surface area contributed by atoms with E-state index < -0.39 is 24.3 Å². The normalized spacial score (nSPS) is 13.9. The van der Waals surface area contributed by atoms with Crippen LogP contribution in [0, 0.1) is 0 Å². The summed E-state index contributed by atoms with van der Waals surface area (Å²) in [6.07, 6.45) is 77.4. The molecule has 0 aromatic heterocycles. The Labute approximate surface area is 458 Å². The monoisotopic (exact) mass is 1040 g/mol. The Balaban J connectivity index is 4.38. The maximum absolute atomic E-state index is 12.9. The predicted molar refractivity (Wildman–Crippen MR) is 315 cm³/mol. The summed E-state index contributed by atoms with van der Waals surface area (Å²) in [7, 11) is 5.89. The lowest BCUT2D eigenvalue weighted by atomic mass is 10.1. The highest BCUT2D eigenvalue weighted by atomic mass is 16.7. The third kappa shape index (κ3) is 56.7. The molecule has 0 aliphatic rings. The highest BCUT2D eigenvalue weighted by Crippen LogP contribution is 2.13. The number of carbonyl (C=O) groups is 3. The van der Waals surface area contributed by atoms with E-state index in [0.29, 0.717) is 17.4 Å². The molecule has 0 spiro atoms. The number of hydrogen-bond donors (Lipinski definition) is 0. The van der Waals surface area contributed by atoms with Crippen LogP contribution in [0.3, 0.4) is 0 Å². The Bertz CT molecular complexity index is 1730. The first-order valence-corrected chi connectivity index (χ1v) is 29.0. The number of carboxylic acids is 1. The van der Waals surface area contributed by atoms with Gasteiger partial charge in [-0.15, -0.1) is 0 Å². The second-order valence-electron chi connectivity index (χ2n) is 19.8. The van der Waals surface area contributed by atoms with E-state index in [4.69, 9.17) is 18.9 Å². The van der Waals surface area contributed by atoms with E-state index in [0.717, 1.165) is 128 Å². The molecule has 0 rings (SSSR count). The number of ether oxygens (including phenoxy) is 4. The average molecular weight is 1040 g/mol. The van der Waals surface area contributed by atoms with Gasteiger partial charge in [0.2, 0.25) is 0 Å². The van der Waals surface area contributed by atoms with Crippen molar-refractivity contribution in [1.29, 1.82) is 0 Å². The molecule has 9 heteroatoms. The van der Waals surface area contributed by atoms with E-state index in [-0.39, 0.29) is 38.6 Å². The van der Waals surface area contributed by atoms with E-state index in [9.17, 15) is 19.5 Å². The van der Waals surface area contributed by atoms with Gasteiger partial charge in [-0.25, -0.2) is 0 Å². The highest BCUT2D eigenvalue weighted by Gasteiger charge is 2.22. The number of carbonyl (C=O) groups excluding carboxylic acids is 3. The molecule has 0 radical (unpaired) electrons. The van der Waals surface area contributed by atoms with Crippen LogP contribution < -0.4 is 5.11 Å². The maximum Gasteiger partial charge on any atom is 0.306 e. The number of esters is 2. The molecule has 0 bridgehead atoms. The van der Waals surface area contributed by atoms with Crippen molar-refractivity contribution in [3.05, 3.63) is 146 Å². The first kappa shape index (κ1) is 70.2. The van der Waals surface area contributed by atoms with Crippen molar-refractivity contribution in [3.63, 3.8) is 0 Å². The molecule has 0 amide bonds. The van der Waals surface area contributed by atoms with Crippen molar-refractivity contribution in [3.8, 4) is 0 Å². The highest BCUT2D eigenvalue weighted by molar-refractivity contribution is 5.70. The number of hydrogen-bond acceptors (Lipinski definition) is 8. The van der Waals surface area contributed by atoms with E-state index >= 15 is 0 Å². The molecule has 0 saturated heterocycles. The fourth-order valence-corrected chi connectivity index (χ4v) is 7.19. The van der Waals surface area contributed by atoms with Gasteiger partial charge in [-0.05, 0) is 116 Å². The van der Waals surface area contributed by atoms with E-state index in [1.165, 1.54) is 32.1 Å². The van der Waals surface area contributed by atoms with Crippen LogP contribution in [-0.2, 0) is 33.3 Å². The van der Waals surface area contributed by atoms with Crippen molar-refractivity contribution in [2.75, 3.05) is 47.5 Å². The molecule has 0 aliphatic carbocycles. The number of unbranched alkanes of at least 4 members (excludes halogenated alkanes) is 12. The SMILES string of the molecule is CC/C=C\C/C=C\C/C=C\C/C=C\C/C=C\C/C=C\C/C=C\CCCCCC(=O)OC(COC(=O)CCCCCCCCCCC/C=C\C/C=C\C/C=C\C/C=C\C/C=C\CC)COC(OCC[N+](C)(C)C)C(=O)[O-]. The van der Waals surface area contributed by atoms with Gasteiger partial charge < -0.3 is 33.3 Å². The number of carboxylic acid groups (broad SMARTS) is 1. The summed E-state index contributed by atoms with van der Waals surface area (Å²) < 4.78 is 22.6. The van der Waals surface area contributed by atoms with Gasteiger partial charge in [0.15, 0.2) is 12.4 Å². The second kappa shape index (κ2) is 55.4. The van der Waals surface area contributed by atoms with Gasteiger partial charge in [0, 0.05) is 12.8 Å². The van der Waals surface area contributed by atoms with Gasteiger partial charge >= 0.3 is 11.9 Å².